The van der Waals surface area contributed by atoms with Gasteiger partial charge < -0.3 is 21.5 Å². The first-order valence-electron chi connectivity index (χ1n) is 12.1. The van der Waals surface area contributed by atoms with E-state index in [1.165, 1.54) is 44.9 Å². The molecule has 1 aromatic rings. The van der Waals surface area contributed by atoms with Crippen molar-refractivity contribution in [1.82, 2.24) is 10.6 Å². The Balaban J connectivity index is 2.25. The number of carbonyl (C=O) groups is 2. The molecule has 1 rings (SSSR count). The summed E-state index contributed by atoms with van der Waals surface area (Å²) < 4.78 is 0. The lowest BCUT2D eigenvalue weighted by atomic mass is 10.0. The molecule has 0 fully saturated rings. The summed E-state index contributed by atoms with van der Waals surface area (Å²) in [4.78, 5) is 24.7. The minimum Gasteiger partial charge on any atom is -0.508 e. The standard InChI is InChI=1S/C25H43N3O3/c1-2-13-24(30)28-23(20-21-14-16-22(29)17-15-21)25(31)27-19-12-10-8-6-4-3-5-7-9-11-18-26/h14-17,23,29H,2-13,18-20,26H2,1H3,(H,27,31)(H,28,30)/t23-/m0/s1. The maximum atomic E-state index is 12.7. The van der Waals surface area contributed by atoms with Gasteiger partial charge in [0.15, 0.2) is 0 Å². The summed E-state index contributed by atoms with van der Waals surface area (Å²) in [5, 5.41) is 15.3. The fraction of sp³-hybridized carbons (Fsp3) is 0.680. The number of phenols is 1. The van der Waals surface area contributed by atoms with Crippen molar-refractivity contribution < 1.29 is 14.7 Å². The average Bonchev–Trinajstić information content (AvgIpc) is 2.75. The highest BCUT2D eigenvalue weighted by Crippen LogP contribution is 2.12. The van der Waals surface area contributed by atoms with Crippen LogP contribution in [0.1, 0.15) is 89.5 Å². The van der Waals surface area contributed by atoms with Crippen molar-refractivity contribution in [3.8, 4) is 5.75 Å². The third-order valence-corrected chi connectivity index (χ3v) is 5.44. The SMILES string of the molecule is CCCC(=O)N[C@@H](Cc1ccc(O)cc1)C(=O)NCCCCCCCCCCCCN. The van der Waals surface area contributed by atoms with Crippen LogP contribution in [0, 0.1) is 0 Å². The quantitative estimate of drug-likeness (QED) is 0.260. The van der Waals surface area contributed by atoms with Crippen LogP contribution in [0.2, 0.25) is 0 Å². The first-order valence-corrected chi connectivity index (χ1v) is 12.1. The molecule has 0 heterocycles. The summed E-state index contributed by atoms with van der Waals surface area (Å²) >= 11 is 0. The fourth-order valence-electron chi connectivity index (χ4n) is 3.59. The highest BCUT2D eigenvalue weighted by molar-refractivity contribution is 5.87. The van der Waals surface area contributed by atoms with E-state index in [4.69, 9.17) is 5.73 Å². The third-order valence-electron chi connectivity index (χ3n) is 5.44. The molecule has 0 aromatic heterocycles. The van der Waals surface area contributed by atoms with Gasteiger partial charge in [0.05, 0.1) is 0 Å². The highest BCUT2D eigenvalue weighted by Gasteiger charge is 2.20. The molecule has 0 bridgehead atoms. The van der Waals surface area contributed by atoms with E-state index in [1.54, 1.807) is 24.3 Å². The molecule has 0 radical (unpaired) electrons. The van der Waals surface area contributed by atoms with Gasteiger partial charge >= 0.3 is 0 Å². The van der Waals surface area contributed by atoms with E-state index in [0.29, 0.717) is 19.4 Å². The topological polar surface area (TPSA) is 104 Å². The van der Waals surface area contributed by atoms with Crippen molar-refractivity contribution in [2.45, 2.75) is 96.4 Å². The van der Waals surface area contributed by atoms with Crippen LogP contribution in [-0.4, -0.2) is 36.1 Å². The van der Waals surface area contributed by atoms with Crippen molar-refractivity contribution in [2.24, 2.45) is 5.73 Å². The Morgan fingerprint density at radius 3 is 2.00 bits per heavy atom. The number of hydrogen-bond acceptors (Lipinski definition) is 4. The van der Waals surface area contributed by atoms with Gasteiger partial charge in [-0.3, -0.25) is 9.59 Å². The van der Waals surface area contributed by atoms with Gasteiger partial charge in [-0.05, 0) is 43.5 Å². The Hall–Kier alpha value is -2.08. The number of nitrogens with two attached hydrogens (primary N) is 1. The van der Waals surface area contributed by atoms with Gasteiger partial charge in [-0.2, -0.15) is 0 Å². The van der Waals surface area contributed by atoms with Crippen LogP contribution in [0.15, 0.2) is 24.3 Å². The predicted molar refractivity (Wildman–Crippen MR) is 127 cm³/mol. The molecular weight excluding hydrogens is 390 g/mol. The average molecular weight is 434 g/mol. The summed E-state index contributed by atoms with van der Waals surface area (Å²) in [6, 6.07) is 6.15. The number of unbranched alkanes of at least 4 members (excludes halogenated alkanes) is 9. The monoisotopic (exact) mass is 433 g/mol. The molecular formula is C25H43N3O3. The summed E-state index contributed by atoms with van der Waals surface area (Å²) in [5.41, 5.74) is 6.40. The molecule has 176 valence electrons. The van der Waals surface area contributed by atoms with Gasteiger partial charge in [0, 0.05) is 19.4 Å². The molecule has 0 aliphatic rings. The largest absolute Gasteiger partial charge is 0.508 e. The van der Waals surface area contributed by atoms with Crippen LogP contribution in [0.5, 0.6) is 5.75 Å². The molecule has 6 heteroatoms. The zero-order valence-electron chi connectivity index (χ0n) is 19.3. The minimum atomic E-state index is -0.595. The Bertz CT molecular complexity index is 605. The van der Waals surface area contributed by atoms with Crippen molar-refractivity contribution >= 4 is 11.8 Å². The van der Waals surface area contributed by atoms with Crippen molar-refractivity contribution in [1.29, 1.82) is 0 Å². The number of carbonyl (C=O) groups excluding carboxylic acids is 2. The van der Waals surface area contributed by atoms with Gasteiger partial charge in [0.25, 0.3) is 0 Å². The molecule has 0 spiro atoms. The molecule has 2 amide bonds. The highest BCUT2D eigenvalue weighted by atomic mass is 16.3. The molecule has 0 saturated heterocycles. The first-order chi connectivity index (χ1) is 15.1. The zero-order chi connectivity index (χ0) is 22.7. The second-order valence-corrected chi connectivity index (χ2v) is 8.36. The Kier molecular flexibility index (Phi) is 15.3. The maximum Gasteiger partial charge on any atom is 0.242 e. The van der Waals surface area contributed by atoms with E-state index < -0.39 is 6.04 Å². The van der Waals surface area contributed by atoms with E-state index in [9.17, 15) is 14.7 Å². The third kappa shape index (κ3) is 13.8. The van der Waals surface area contributed by atoms with Crippen LogP contribution in [0.4, 0.5) is 0 Å². The van der Waals surface area contributed by atoms with Crippen LogP contribution in [-0.2, 0) is 16.0 Å². The van der Waals surface area contributed by atoms with Crippen molar-refractivity contribution in [3.63, 3.8) is 0 Å². The lowest BCUT2D eigenvalue weighted by Crippen LogP contribution is -2.48. The van der Waals surface area contributed by atoms with Gasteiger partial charge in [0.2, 0.25) is 11.8 Å². The number of amides is 2. The van der Waals surface area contributed by atoms with Gasteiger partial charge in [-0.25, -0.2) is 0 Å². The Morgan fingerprint density at radius 2 is 1.45 bits per heavy atom. The van der Waals surface area contributed by atoms with E-state index >= 15 is 0 Å². The summed E-state index contributed by atoms with van der Waals surface area (Å²) in [6.07, 6.45) is 13.7. The second-order valence-electron chi connectivity index (χ2n) is 8.36. The lowest BCUT2D eigenvalue weighted by Gasteiger charge is -2.19. The van der Waals surface area contributed by atoms with E-state index in [0.717, 1.165) is 37.8 Å². The molecule has 0 aliphatic heterocycles. The molecule has 0 aliphatic carbocycles. The van der Waals surface area contributed by atoms with Crippen molar-refractivity contribution in [2.75, 3.05) is 13.1 Å². The van der Waals surface area contributed by atoms with Crippen LogP contribution < -0.4 is 16.4 Å². The molecule has 1 atom stereocenters. The van der Waals surface area contributed by atoms with Gasteiger partial charge in [-0.1, -0.05) is 70.4 Å². The smallest absolute Gasteiger partial charge is 0.242 e. The van der Waals surface area contributed by atoms with E-state index in [2.05, 4.69) is 10.6 Å². The lowest BCUT2D eigenvalue weighted by molar-refractivity contribution is -0.129. The summed E-state index contributed by atoms with van der Waals surface area (Å²) in [5.74, 6) is -0.0640. The van der Waals surface area contributed by atoms with Crippen LogP contribution in [0.25, 0.3) is 0 Å². The molecule has 5 N–H and O–H groups in total. The number of hydrogen-bond donors (Lipinski definition) is 4. The summed E-state index contributed by atoms with van der Waals surface area (Å²) in [6.45, 7) is 3.38. The van der Waals surface area contributed by atoms with Crippen LogP contribution >= 0.6 is 0 Å². The number of rotatable bonds is 18. The Morgan fingerprint density at radius 1 is 0.903 bits per heavy atom. The molecule has 6 nitrogen and oxygen atoms in total. The summed E-state index contributed by atoms with van der Waals surface area (Å²) in [7, 11) is 0. The Labute approximate surface area is 188 Å². The fourth-order valence-corrected chi connectivity index (χ4v) is 3.59. The number of nitrogens with one attached hydrogen (secondary N) is 2. The normalized spacial score (nSPS) is 11.8. The second kappa shape index (κ2) is 17.6. The first kappa shape index (κ1) is 27.0. The maximum absolute atomic E-state index is 12.7. The van der Waals surface area contributed by atoms with E-state index in [1.807, 2.05) is 6.92 Å². The minimum absolute atomic E-state index is 0.107. The molecule has 0 saturated carbocycles. The predicted octanol–water partition coefficient (Wildman–Crippen LogP) is 4.20. The van der Waals surface area contributed by atoms with Crippen LogP contribution in [0.3, 0.4) is 0 Å². The number of benzene rings is 1. The molecule has 1 aromatic carbocycles. The number of aromatic hydroxyl groups is 1. The van der Waals surface area contributed by atoms with E-state index in [-0.39, 0.29) is 17.6 Å². The van der Waals surface area contributed by atoms with Gasteiger partial charge in [0.1, 0.15) is 11.8 Å². The number of phenolic OH excluding ortho intramolecular Hbond substituents is 1. The zero-order valence-corrected chi connectivity index (χ0v) is 19.3. The molecule has 0 unspecified atom stereocenters. The van der Waals surface area contributed by atoms with Crippen molar-refractivity contribution in [3.05, 3.63) is 29.8 Å². The molecule has 31 heavy (non-hydrogen) atoms. The van der Waals surface area contributed by atoms with Gasteiger partial charge in [-0.15, -0.1) is 0 Å².